The smallest absolute Gasteiger partial charge is 0.270 e. The second-order valence-electron chi connectivity index (χ2n) is 5.73. The zero-order chi connectivity index (χ0) is 16.5. The van der Waals surface area contributed by atoms with Gasteiger partial charge in [-0.25, -0.2) is 9.97 Å². The quantitative estimate of drug-likeness (QED) is 0.763. The molecule has 1 N–H and O–H groups in total. The summed E-state index contributed by atoms with van der Waals surface area (Å²) in [7, 11) is 1.95. The van der Waals surface area contributed by atoms with Gasteiger partial charge in [0.05, 0.1) is 13.2 Å². The van der Waals surface area contributed by atoms with Crippen LogP contribution in [0, 0.1) is 0 Å². The van der Waals surface area contributed by atoms with Crippen molar-refractivity contribution in [2.45, 2.75) is 19.8 Å². The molecule has 1 fully saturated rings. The van der Waals surface area contributed by atoms with E-state index in [0.717, 1.165) is 52.2 Å². The fourth-order valence-electron chi connectivity index (χ4n) is 2.40. The number of rotatable bonds is 8. The molecule has 0 aromatic carbocycles. The normalized spacial score (nSPS) is 15.4. The van der Waals surface area contributed by atoms with Gasteiger partial charge < -0.3 is 15.0 Å². The Labute approximate surface area is 138 Å². The van der Waals surface area contributed by atoms with E-state index in [9.17, 15) is 4.79 Å². The van der Waals surface area contributed by atoms with Gasteiger partial charge in [-0.15, -0.1) is 0 Å². The molecule has 0 radical (unpaired) electrons. The van der Waals surface area contributed by atoms with Gasteiger partial charge in [0.25, 0.3) is 5.91 Å². The molecule has 128 valence electrons. The molecule has 1 aliphatic heterocycles. The summed E-state index contributed by atoms with van der Waals surface area (Å²) in [5, 5.41) is 2.93. The monoisotopic (exact) mass is 321 g/mol. The maximum absolute atomic E-state index is 12.2. The van der Waals surface area contributed by atoms with Gasteiger partial charge in [0, 0.05) is 46.0 Å². The van der Waals surface area contributed by atoms with Crippen LogP contribution in [0.4, 0.5) is 5.95 Å². The topological polar surface area (TPSA) is 70.6 Å². The van der Waals surface area contributed by atoms with Crippen molar-refractivity contribution in [1.29, 1.82) is 0 Å². The highest BCUT2D eigenvalue weighted by Crippen LogP contribution is 2.07. The van der Waals surface area contributed by atoms with E-state index in [-0.39, 0.29) is 5.91 Å². The lowest BCUT2D eigenvalue weighted by Crippen LogP contribution is -2.41. The van der Waals surface area contributed by atoms with Gasteiger partial charge in [0.1, 0.15) is 5.69 Å². The number of nitrogens with zero attached hydrogens (tertiary/aromatic N) is 4. The molecule has 0 unspecified atom stereocenters. The van der Waals surface area contributed by atoms with Gasteiger partial charge >= 0.3 is 0 Å². The van der Waals surface area contributed by atoms with E-state index in [1.165, 1.54) is 0 Å². The van der Waals surface area contributed by atoms with Crippen molar-refractivity contribution < 1.29 is 9.53 Å². The maximum atomic E-state index is 12.2. The zero-order valence-corrected chi connectivity index (χ0v) is 14.1. The summed E-state index contributed by atoms with van der Waals surface area (Å²) in [6, 6.07) is 1.65. The molecule has 1 aromatic rings. The first-order valence-electron chi connectivity index (χ1n) is 8.33. The van der Waals surface area contributed by atoms with Crippen LogP contribution in [0.25, 0.3) is 0 Å². The molecule has 0 saturated carbocycles. The zero-order valence-electron chi connectivity index (χ0n) is 14.1. The average Bonchev–Trinajstić information content (AvgIpc) is 2.60. The van der Waals surface area contributed by atoms with Gasteiger partial charge in [-0.05, 0) is 12.5 Å². The first-order valence-corrected chi connectivity index (χ1v) is 8.33. The number of carbonyl (C=O) groups excluding carboxylic acids is 1. The maximum Gasteiger partial charge on any atom is 0.270 e. The molecule has 0 spiro atoms. The molecule has 7 nitrogen and oxygen atoms in total. The molecule has 1 amide bonds. The first-order chi connectivity index (χ1) is 11.2. The first kappa shape index (κ1) is 17.6. The molecule has 1 saturated heterocycles. The van der Waals surface area contributed by atoms with Crippen LogP contribution in [-0.2, 0) is 4.74 Å². The highest BCUT2D eigenvalue weighted by Gasteiger charge is 2.13. The number of anilines is 1. The third-order valence-electron chi connectivity index (χ3n) is 3.88. The summed E-state index contributed by atoms with van der Waals surface area (Å²) < 4.78 is 5.31. The van der Waals surface area contributed by atoms with Gasteiger partial charge in [0.15, 0.2) is 0 Å². The van der Waals surface area contributed by atoms with E-state index >= 15 is 0 Å². The summed E-state index contributed by atoms with van der Waals surface area (Å²) in [6.45, 7) is 7.88. The second kappa shape index (κ2) is 9.42. The van der Waals surface area contributed by atoms with E-state index in [4.69, 9.17) is 4.74 Å². The fraction of sp³-hybridized carbons (Fsp3) is 0.688. The molecular formula is C16H27N5O2. The Hall–Kier alpha value is -1.73. The number of hydrogen-bond donors (Lipinski definition) is 1. The van der Waals surface area contributed by atoms with Crippen LogP contribution in [0.15, 0.2) is 12.3 Å². The van der Waals surface area contributed by atoms with Crippen molar-refractivity contribution in [3.8, 4) is 0 Å². The molecule has 0 bridgehead atoms. The standard InChI is InChI=1S/C16H27N5O2/c1-3-4-8-20(2)16-18-6-5-14(19-16)15(22)17-7-9-21-10-12-23-13-11-21/h5-6H,3-4,7-13H2,1-2H3,(H,17,22). The summed E-state index contributed by atoms with van der Waals surface area (Å²) in [4.78, 5) is 25.1. The number of amides is 1. The average molecular weight is 321 g/mol. The summed E-state index contributed by atoms with van der Waals surface area (Å²) in [6.07, 6.45) is 3.84. The van der Waals surface area contributed by atoms with Crippen molar-refractivity contribution in [2.24, 2.45) is 0 Å². The minimum absolute atomic E-state index is 0.147. The highest BCUT2D eigenvalue weighted by atomic mass is 16.5. The van der Waals surface area contributed by atoms with Crippen molar-refractivity contribution in [3.63, 3.8) is 0 Å². The van der Waals surface area contributed by atoms with Crippen LogP contribution in [-0.4, -0.2) is 73.8 Å². The lowest BCUT2D eigenvalue weighted by atomic mass is 10.3. The number of morpholine rings is 1. The number of aromatic nitrogens is 2. The molecule has 2 heterocycles. The SMILES string of the molecule is CCCCN(C)c1nccc(C(=O)NCCN2CCOCC2)n1. The second-order valence-corrected chi connectivity index (χ2v) is 5.73. The van der Waals surface area contributed by atoms with Gasteiger partial charge in [-0.3, -0.25) is 9.69 Å². The lowest BCUT2D eigenvalue weighted by Gasteiger charge is -2.26. The van der Waals surface area contributed by atoms with Gasteiger partial charge in [0.2, 0.25) is 5.95 Å². The predicted octanol–water partition coefficient (Wildman–Crippen LogP) is 0.775. The molecular weight excluding hydrogens is 294 g/mol. The molecule has 7 heteroatoms. The molecule has 0 aliphatic carbocycles. The Kier molecular flexibility index (Phi) is 7.22. The molecule has 2 rings (SSSR count). The number of ether oxygens (including phenoxy) is 1. The van der Waals surface area contributed by atoms with E-state index in [1.807, 2.05) is 11.9 Å². The number of nitrogens with one attached hydrogen (secondary N) is 1. The third kappa shape index (κ3) is 5.76. The van der Waals surface area contributed by atoms with Crippen LogP contribution >= 0.6 is 0 Å². The minimum Gasteiger partial charge on any atom is -0.379 e. The number of unbranched alkanes of at least 4 members (excludes halogenated alkanes) is 1. The van der Waals surface area contributed by atoms with Crippen molar-refractivity contribution in [3.05, 3.63) is 18.0 Å². The van der Waals surface area contributed by atoms with E-state index in [2.05, 4.69) is 27.1 Å². The largest absolute Gasteiger partial charge is 0.379 e. The van der Waals surface area contributed by atoms with Crippen molar-refractivity contribution >= 4 is 11.9 Å². The predicted molar refractivity (Wildman–Crippen MR) is 89.8 cm³/mol. The van der Waals surface area contributed by atoms with E-state index in [1.54, 1.807) is 12.3 Å². The Bertz CT molecular complexity index is 491. The van der Waals surface area contributed by atoms with Crippen LogP contribution in [0.3, 0.4) is 0 Å². The molecule has 0 atom stereocenters. The highest BCUT2D eigenvalue weighted by molar-refractivity contribution is 5.92. The number of hydrogen-bond acceptors (Lipinski definition) is 6. The molecule has 23 heavy (non-hydrogen) atoms. The van der Waals surface area contributed by atoms with Crippen LogP contribution < -0.4 is 10.2 Å². The summed E-state index contributed by atoms with van der Waals surface area (Å²) in [5.41, 5.74) is 0.417. The van der Waals surface area contributed by atoms with Gasteiger partial charge in [-0.2, -0.15) is 0 Å². The van der Waals surface area contributed by atoms with Crippen LogP contribution in [0.2, 0.25) is 0 Å². The lowest BCUT2D eigenvalue weighted by molar-refractivity contribution is 0.0383. The third-order valence-corrected chi connectivity index (χ3v) is 3.88. The van der Waals surface area contributed by atoms with Crippen LogP contribution in [0.1, 0.15) is 30.3 Å². The van der Waals surface area contributed by atoms with Gasteiger partial charge in [-0.1, -0.05) is 13.3 Å². The van der Waals surface area contributed by atoms with Crippen LogP contribution in [0.5, 0.6) is 0 Å². The van der Waals surface area contributed by atoms with Crippen molar-refractivity contribution in [2.75, 3.05) is 57.9 Å². The Morgan fingerprint density at radius 2 is 2.22 bits per heavy atom. The van der Waals surface area contributed by atoms with E-state index < -0.39 is 0 Å². The van der Waals surface area contributed by atoms with Crippen molar-refractivity contribution in [1.82, 2.24) is 20.2 Å². The Morgan fingerprint density at radius 3 is 2.96 bits per heavy atom. The minimum atomic E-state index is -0.147. The Morgan fingerprint density at radius 1 is 1.43 bits per heavy atom. The Balaban J connectivity index is 1.81. The summed E-state index contributed by atoms with van der Waals surface area (Å²) in [5.74, 6) is 0.449. The fourth-order valence-corrected chi connectivity index (χ4v) is 2.40. The molecule has 1 aromatic heterocycles. The summed E-state index contributed by atoms with van der Waals surface area (Å²) >= 11 is 0. The molecule has 1 aliphatic rings. The van der Waals surface area contributed by atoms with E-state index in [0.29, 0.717) is 18.2 Å². The number of carbonyl (C=O) groups is 1.